The van der Waals surface area contributed by atoms with E-state index in [1.807, 2.05) is 0 Å². The highest BCUT2D eigenvalue weighted by Gasteiger charge is 2.15. The molecule has 0 spiro atoms. The van der Waals surface area contributed by atoms with Crippen molar-refractivity contribution in [3.05, 3.63) is 79.7 Å². The second-order valence-electron chi connectivity index (χ2n) is 5.27. The van der Waals surface area contributed by atoms with Gasteiger partial charge in [0.25, 0.3) is 5.56 Å². The van der Waals surface area contributed by atoms with E-state index in [9.17, 15) is 14.7 Å². The van der Waals surface area contributed by atoms with Crippen LogP contribution in [0.2, 0.25) is 5.02 Å². The van der Waals surface area contributed by atoms with Crippen molar-refractivity contribution < 1.29 is 13.7 Å². The molecule has 0 aliphatic carbocycles. The lowest BCUT2D eigenvalue weighted by Crippen LogP contribution is -2.38. The van der Waals surface area contributed by atoms with Crippen LogP contribution in [0, 0.1) is 0 Å². The van der Waals surface area contributed by atoms with Gasteiger partial charge in [0, 0.05) is 34.8 Å². The molecule has 3 aromatic rings. The summed E-state index contributed by atoms with van der Waals surface area (Å²) in [5.41, 5.74) is -1.12. The topological polar surface area (TPSA) is 103 Å². The first kappa shape index (κ1) is 13.6. The van der Waals surface area contributed by atoms with Crippen molar-refractivity contribution in [2.75, 3.05) is 0 Å². The molecule has 0 saturated heterocycles. The molecule has 130 valence electrons. The van der Waals surface area contributed by atoms with E-state index in [1.165, 1.54) is 0 Å². The molecule has 0 bridgehead atoms. The van der Waals surface area contributed by atoms with Crippen LogP contribution < -0.4 is 11.2 Å². The van der Waals surface area contributed by atoms with Crippen molar-refractivity contribution in [2.45, 2.75) is 19.1 Å². The predicted molar refractivity (Wildman–Crippen MR) is 89.5 cm³/mol. The second-order valence-corrected chi connectivity index (χ2v) is 5.70. The summed E-state index contributed by atoms with van der Waals surface area (Å²) in [7, 11) is 0. The van der Waals surface area contributed by atoms with Gasteiger partial charge in [-0.2, -0.15) is 4.98 Å². The van der Waals surface area contributed by atoms with E-state index in [4.69, 9.17) is 20.2 Å². The van der Waals surface area contributed by atoms with Crippen molar-refractivity contribution in [1.29, 1.82) is 0 Å². The first-order valence-corrected chi connectivity index (χ1v) is 7.61. The highest BCUT2D eigenvalue weighted by molar-refractivity contribution is 6.30. The number of benzene rings is 1. The van der Waals surface area contributed by atoms with E-state index < -0.39 is 30.9 Å². The number of hydrogen-bond acceptors (Lipinski definition) is 6. The lowest BCUT2D eigenvalue weighted by atomic mass is 10.1. The molecule has 0 amide bonds. The molecular weight excluding hydrogens is 348 g/mol. The van der Waals surface area contributed by atoms with Gasteiger partial charge in [-0.05, 0) is 17.7 Å². The summed E-state index contributed by atoms with van der Waals surface area (Å²) in [4.78, 5) is 28.3. The van der Waals surface area contributed by atoms with Crippen LogP contribution in [0.25, 0.3) is 0 Å². The van der Waals surface area contributed by atoms with Crippen LogP contribution in [0.4, 0.5) is 0 Å². The fraction of sp³-hybridized carbons (Fsp3) is 0.250. The van der Waals surface area contributed by atoms with Crippen LogP contribution in [0.3, 0.4) is 0 Å². The predicted octanol–water partition coefficient (Wildman–Crippen LogP) is 0.908. The Kier molecular flexibility index (Phi) is 3.82. The summed E-state index contributed by atoms with van der Waals surface area (Å²) in [6, 6.07) is 7.57. The van der Waals surface area contributed by atoms with Crippen LogP contribution in [-0.2, 0) is 19.9 Å². The van der Waals surface area contributed by atoms with E-state index in [0.717, 1.165) is 12.3 Å². The number of rotatable bonds is 5. The van der Waals surface area contributed by atoms with E-state index in [0.29, 0.717) is 19.7 Å². The van der Waals surface area contributed by atoms with Gasteiger partial charge in [-0.3, -0.25) is 9.36 Å². The van der Waals surface area contributed by atoms with Crippen LogP contribution in [0.1, 0.15) is 27.5 Å². The number of aliphatic hydroxyl groups excluding tert-OH is 1. The highest BCUT2D eigenvalue weighted by Crippen LogP contribution is 2.19. The summed E-state index contributed by atoms with van der Waals surface area (Å²) in [6.45, 7) is -3.12. The Morgan fingerprint density at radius 1 is 1.32 bits per heavy atom. The smallest absolute Gasteiger partial charge is 0.331 e. The minimum atomic E-state index is -2.73. The van der Waals surface area contributed by atoms with E-state index in [2.05, 4.69) is 10.1 Å². The number of aryl methyl sites for hydroxylation is 1. The van der Waals surface area contributed by atoms with Crippen molar-refractivity contribution >= 4 is 11.6 Å². The lowest BCUT2D eigenvalue weighted by Gasteiger charge is -2.08. The average Bonchev–Trinajstić information content (AvgIpc) is 3.05. The average molecular weight is 366 g/mol. The number of hydrogen-bond donors (Lipinski definition) is 1. The summed E-state index contributed by atoms with van der Waals surface area (Å²) in [5.74, 6) is 0.0957. The standard InChI is InChI=1S/C16H15ClN4O4/c1-20-7-6-15(23)21(16(20)24)9-14-18-13(19-25-14)8-12(22)10-2-4-11(17)5-3-10/h2-7,12,22H,8-9H2,1H3/t12-/m0/s1/i1D3. The molecule has 0 aliphatic rings. The molecule has 3 rings (SSSR count). The molecule has 9 heteroatoms. The Labute approximate surface area is 151 Å². The monoisotopic (exact) mass is 365 g/mol. The van der Waals surface area contributed by atoms with Crippen LogP contribution in [-0.4, -0.2) is 24.4 Å². The molecule has 0 saturated carbocycles. The molecule has 8 nitrogen and oxygen atoms in total. The zero-order chi connectivity index (χ0) is 20.5. The second kappa shape index (κ2) is 7.04. The van der Waals surface area contributed by atoms with Gasteiger partial charge in [-0.1, -0.05) is 28.9 Å². The van der Waals surface area contributed by atoms with E-state index in [1.54, 1.807) is 24.3 Å². The maximum Gasteiger partial charge on any atom is 0.331 e. The summed E-state index contributed by atoms with van der Waals surface area (Å²) in [6.07, 6.45) is 0.0412. The number of nitrogens with zero attached hydrogens (tertiary/aromatic N) is 4. The molecule has 2 heterocycles. The number of aromatic nitrogens is 4. The maximum absolute atomic E-state index is 12.3. The number of halogens is 1. The number of aliphatic hydroxyl groups is 1. The SMILES string of the molecule is [2H]C([2H])([2H])n1ccc(=O)n(Cc2nc(C[C@H](O)c3ccc(Cl)cc3)no2)c1=O. The minimum absolute atomic E-state index is 0.0360. The van der Waals surface area contributed by atoms with Gasteiger partial charge in [0.2, 0.25) is 5.89 Å². The van der Waals surface area contributed by atoms with Gasteiger partial charge < -0.3 is 14.2 Å². The Morgan fingerprint density at radius 2 is 2.08 bits per heavy atom. The zero-order valence-corrected chi connectivity index (χ0v) is 13.6. The van der Waals surface area contributed by atoms with Gasteiger partial charge in [-0.25, -0.2) is 4.79 Å². The minimum Gasteiger partial charge on any atom is -0.388 e. The van der Waals surface area contributed by atoms with Gasteiger partial charge in [0.05, 0.1) is 6.10 Å². The van der Waals surface area contributed by atoms with Gasteiger partial charge in [0.1, 0.15) is 6.54 Å². The first-order valence-electron chi connectivity index (χ1n) is 8.73. The third-order valence-electron chi connectivity index (χ3n) is 3.50. The Morgan fingerprint density at radius 3 is 2.80 bits per heavy atom. The van der Waals surface area contributed by atoms with Crippen LogP contribution >= 0.6 is 11.6 Å². The van der Waals surface area contributed by atoms with Crippen LogP contribution in [0.15, 0.2) is 50.6 Å². The van der Waals surface area contributed by atoms with Crippen molar-refractivity contribution in [1.82, 2.24) is 19.3 Å². The van der Waals surface area contributed by atoms with E-state index in [-0.39, 0.29) is 18.1 Å². The quantitative estimate of drug-likeness (QED) is 0.720. The van der Waals surface area contributed by atoms with Crippen LogP contribution in [0.5, 0.6) is 0 Å². The Bertz CT molecular complexity index is 1090. The van der Waals surface area contributed by atoms with E-state index >= 15 is 0 Å². The third-order valence-corrected chi connectivity index (χ3v) is 3.76. The third kappa shape index (κ3) is 3.86. The Balaban J connectivity index is 1.79. The van der Waals surface area contributed by atoms with Gasteiger partial charge >= 0.3 is 5.69 Å². The molecule has 25 heavy (non-hydrogen) atoms. The normalized spacial score (nSPS) is 14.6. The molecule has 0 aliphatic heterocycles. The fourth-order valence-electron chi connectivity index (χ4n) is 2.21. The largest absolute Gasteiger partial charge is 0.388 e. The lowest BCUT2D eigenvalue weighted by molar-refractivity contribution is 0.174. The van der Waals surface area contributed by atoms with Crippen molar-refractivity contribution in [3.63, 3.8) is 0 Å². The maximum atomic E-state index is 12.3. The highest BCUT2D eigenvalue weighted by atomic mass is 35.5. The molecule has 0 unspecified atom stereocenters. The van der Waals surface area contributed by atoms with Gasteiger partial charge in [0.15, 0.2) is 5.82 Å². The Hall–Kier alpha value is -2.71. The molecule has 1 atom stereocenters. The molecule has 0 fully saturated rings. The summed E-state index contributed by atoms with van der Waals surface area (Å²) in [5, 5.41) is 14.5. The van der Waals surface area contributed by atoms with Crippen molar-refractivity contribution in [2.24, 2.45) is 6.98 Å². The summed E-state index contributed by atoms with van der Waals surface area (Å²) < 4.78 is 28.2. The fourth-order valence-corrected chi connectivity index (χ4v) is 2.34. The van der Waals surface area contributed by atoms with Crippen molar-refractivity contribution in [3.8, 4) is 0 Å². The molecule has 2 aromatic heterocycles. The first-order chi connectivity index (χ1) is 13.1. The molecule has 1 aromatic carbocycles. The molecular formula is C16H15ClN4O4. The molecule has 0 radical (unpaired) electrons. The molecule has 1 N–H and O–H groups in total. The summed E-state index contributed by atoms with van der Waals surface area (Å²) >= 11 is 5.81. The van der Waals surface area contributed by atoms with Gasteiger partial charge in [-0.15, -0.1) is 0 Å². The zero-order valence-electron chi connectivity index (χ0n) is 15.8.